The van der Waals surface area contributed by atoms with Gasteiger partial charge < -0.3 is 10.1 Å². The van der Waals surface area contributed by atoms with Gasteiger partial charge in [-0.25, -0.2) is 0 Å². The molecule has 21 heavy (non-hydrogen) atoms. The molecule has 3 rings (SSSR count). The monoisotopic (exact) mass is 293 g/mol. The fourth-order valence-corrected chi connectivity index (χ4v) is 5.00. The van der Waals surface area contributed by atoms with Gasteiger partial charge in [-0.3, -0.25) is 4.79 Å². The first-order valence-corrected chi connectivity index (χ1v) is 9.05. The van der Waals surface area contributed by atoms with Crippen LogP contribution in [0.1, 0.15) is 71.1 Å². The highest BCUT2D eigenvalue weighted by Gasteiger charge is 2.44. The first-order chi connectivity index (χ1) is 10.2. The Balaban J connectivity index is 1.51. The summed E-state index contributed by atoms with van der Waals surface area (Å²) in [6.07, 6.45) is 11.9. The zero-order chi connectivity index (χ0) is 14.7. The molecule has 3 aliphatic rings. The molecule has 3 nitrogen and oxygen atoms in total. The van der Waals surface area contributed by atoms with Gasteiger partial charge in [0.05, 0.1) is 0 Å². The van der Waals surface area contributed by atoms with Gasteiger partial charge >= 0.3 is 0 Å². The molecule has 1 saturated heterocycles. The van der Waals surface area contributed by atoms with E-state index in [-0.39, 0.29) is 0 Å². The number of nitrogens with one attached hydrogen (secondary N) is 1. The molecule has 0 aromatic rings. The minimum absolute atomic E-state index is 0.312. The van der Waals surface area contributed by atoms with Crippen LogP contribution in [0, 0.1) is 17.3 Å². The summed E-state index contributed by atoms with van der Waals surface area (Å²) in [5, 5.41) is 3.41. The largest absolute Gasteiger partial charge is 0.381 e. The van der Waals surface area contributed by atoms with Crippen molar-refractivity contribution in [3.8, 4) is 0 Å². The Morgan fingerprint density at radius 2 is 1.95 bits per heavy atom. The van der Waals surface area contributed by atoms with E-state index in [2.05, 4.69) is 12.2 Å². The summed E-state index contributed by atoms with van der Waals surface area (Å²) in [6, 6.07) is 0.412. The van der Waals surface area contributed by atoms with E-state index in [1.807, 2.05) is 0 Å². The van der Waals surface area contributed by atoms with E-state index in [1.165, 1.54) is 44.9 Å². The number of amides is 1. The average molecular weight is 293 g/mol. The first kappa shape index (κ1) is 15.3. The van der Waals surface area contributed by atoms with Crippen molar-refractivity contribution in [1.82, 2.24) is 5.32 Å². The fourth-order valence-electron chi connectivity index (χ4n) is 5.00. The summed E-state index contributed by atoms with van der Waals surface area (Å²) in [7, 11) is 0. The number of rotatable bonds is 3. The number of carbonyl (C=O) groups excluding carboxylic acids is 1. The molecule has 0 radical (unpaired) electrons. The van der Waals surface area contributed by atoms with Crippen molar-refractivity contribution in [2.45, 2.75) is 77.2 Å². The predicted octanol–water partition coefficient (Wildman–Crippen LogP) is 3.67. The molecule has 0 aromatic heterocycles. The van der Waals surface area contributed by atoms with Gasteiger partial charge in [0.25, 0.3) is 0 Å². The Hall–Kier alpha value is -0.570. The zero-order valence-corrected chi connectivity index (χ0v) is 13.5. The number of hydrogen-bond donors (Lipinski definition) is 1. The topological polar surface area (TPSA) is 38.3 Å². The van der Waals surface area contributed by atoms with Gasteiger partial charge in [-0.2, -0.15) is 0 Å². The van der Waals surface area contributed by atoms with Crippen LogP contribution < -0.4 is 5.32 Å². The van der Waals surface area contributed by atoms with Gasteiger partial charge in [0, 0.05) is 25.7 Å². The molecule has 0 aromatic carbocycles. The van der Waals surface area contributed by atoms with Gasteiger partial charge in [-0.05, 0) is 55.8 Å². The molecule has 1 amide bonds. The third kappa shape index (κ3) is 3.61. The van der Waals surface area contributed by atoms with Crippen molar-refractivity contribution in [2.75, 3.05) is 13.2 Å². The molecular formula is C18H31NO2. The predicted molar refractivity (Wildman–Crippen MR) is 84.0 cm³/mol. The molecule has 2 aliphatic carbocycles. The second kappa shape index (κ2) is 6.68. The highest BCUT2D eigenvalue weighted by Crippen LogP contribution is 2.46. The van der Waals surface area contributed by atoms with Gasteiger partial charge in [0.15, 0.2) is 0 Å². The highest BCUT2D eigenvalue weighted by molar-refractivity contribution is 5.76. The molecule has 3 atom stereocenters. The van der Waals surface area contributed by atoms with Gasteiger partial charge in [-0.15, -0.1) is 0 Å². The summed E-state index contributed by atoms with van der Waals surface area (Å²) in [4.78, 5) is 12.5. The van der Waals surface area contributed by atoms with E-state index in [9.17, 15) is 4.79 Å². The SMILES string of the molecule is C[C@@H]1CCC[C@H](CC(=O)N[C@H]2CCCC23CCOCC3)C1. The third-order valence-corrected chi connectivity index (χ3v) is 6.25. The molecule has 1 heterocycles. The van der Waals surface area contributed by atoms with Crippen LogP contribution in [-0.4, -0.2) is 25.2 Å². The Morgan fingerprint density at radius 1 is 1.14 bits per heavy atom. The lowest BCUT2D eigenvalue weighted by Gasteiger charge is -2.39. The lowest BCUT2D eigenvalue weighted by atomic mass is 9.75. The van der Waals surface area contributed by atoms with Gasteiger partial charge in [-0.1, -0.05) is 26.2 Å². The Labute approximate surface area is 129 Å². The van der Waals surface area contributed by atoms with Crippen LogP contribution in [0.2, 0.25) is 0 Å². The van der Waals surface area contributed by atoms with Crippen LogP contribution in [0.3, 0.4) is 0 Å². The molecule has 2 saturated carbocycles. The standard InChI is InChI=1S/C18H31NO2/c1-14-4-2-5-15(12-14)13-17(20)19-16-6-3-7-18(16)8-10-21-11-9-18/h14-16H,2-13H2,1H3,(H,19,20)/t14-,15+,16+/m1/s1. The molecule has 3 heteroatoms. The Bertz CT molecular complexity index is 362. The summed E-state index contributed by atoms with van der Waals surface area (Å²) >= 11 is 0. The number of ether oxygens (including phenoxy) is 1. The molecule has 1 spiro atoms. The third-order valence-electron chi connectivity index (χ3n) is 6.25. The van der Waals surface area contributed by atoms with Crippen LogP contribution in [0.4, 0.5) is 0 Å². The number of carbonyl (C=O) groups is 1. The number of hydrogen-bond acceptors (Lipinski definition) is 2. The molecule has 1 N–H and O–H groups in total. The second-order valence-corrected chi connectivity index (χ2v) is 7.83. The van der Waals surface area contributed by atoms with Crippen LogP contribution in [0.25, 0.3) is 0 Å². The molecule has 120 valence electrons. The smallest absolute Gasteiger partial charge is 0.220 e. The van der Waals surface area contributed by atoms with Gasteiger partial charge in [0.1, 0.15) is 0 Å². The normalized spacial score (nSPS) is 35.8. The van der Waals surface area contributed by atoms with Crippen molar-refractivity contribution >= 4 is 5.91 Å². The van der Waals surface area contributed by atoms with Crippen molar-refractivity contribution in [2.24, 2.45) is 17.3 Å². The maximum absolute atomic E-state index is 12.5. The first-order valence-electron chi connectivity index (χ1n) is 9.05. The Kier molecular flexibility index (Phi) is 4.88. The molecular weight excluding hydrogens is 262 g/mol. The summed E-state index contributed by atoms with van der Waals surface area (Å²) in [5.74, 6) is 1.75. The summed E-state index contributed by atoms with van der Waals surface area (Å²) in [6.45, 7) is 4.09. The molecule has 0 bridgehead atoms. The van der Waals surface area contributed by atoms with E-state index in [0.29, 0.717) is 23.3 Å². The van der Waals surface area contributed by atoms with E-state index in [0.717, 1.165) is 38.4 Å². The highest BCUT2D eigenvalue weighted by atomic mass is 16.5. The second-order valence-electron chi connectivity index (χ2n) is 7.83. The van der Waals surface area contributed by atoms with Gasteiger partial charge in [0.2, 0.25) is 5.91 Å². The van der Waals surface area contributed by atoms with Crippen LogP contribution in [0.15, 0.2) is 0 Å². The zero-order valence-electron chi connectivity index (χ0n) is 13.5. The molecule has 1 aliphatic heterocycles. The van der Waals surface area contributed by atoms with E-state index < -0.39 is 0 Å². The molecule has 0 unspecified atom stereocenters. The quantitative estimate of drug-likeness (QED) is 0.862. The van der Waals surface area contributed by atoms with Crippen LogP contribution in [-0.2, 0) is 9.53 Å². The van der Waals surface area contributed by atoms with Crippen molar-refractivity contribution < 1.29 is 9.53 Å². The lowest BCUT2D eigenvalue weighted by molar-refractivity contribution is -0.124. The maximum atomic E-state index is 12.5. The molecule has 3 fully saturated rings. The summed E-state index contributed by atoms with van der Waals surface area (Å²) < 4.78 is 5.53. The van der Waals surface area contributed by atoms with Crippen LogP contribution in [0.5, 0.6) is 0 Å². The minimum atomic E-state index is 0.312. The van der Waals surface area contributed by atoms with Crippen molar-refractivity contribution in [3.63, 3.8) is 0 Å². The van der Waals surface area contributed by atoms with Crippen molar-refractivity contribution in [1.29, 1.82) is 0 Å². The van der Waals surface area contributed by atoms with Crippen LogP contribution >= 0.6 is 0 Å². The summed E-state index contributed by atoms with van der Waals surface area (Å²) in [5.41, 5.74) is 0.355. The Morgan fingerprint density at radius 3 is 2.71 bits per heavy atom. The maximum Gasteiger partial charge on any atom is 0.220 e. The van der Waals surface area contributed by atoms with Crippen molar-refractivity contribution in [3.05, 3.63) is 0 Å². The fraction of sp³-hybridized carbons (Fsp3) is 0.944. The minimum Gasteiger partial charge on any atom is -0.381 e. The average Bonchev–Trinajstić information content (AvgIpc) is 2.82. The lowest BCUT2D eigenvalue weighted by Crippen LogP contribution is -2.47. The van der Waals surface area contributed by atoms with E-state index in [4.69, 9.17) is 4.74 Å². The van der Waals surface area contributed by atoms with E-state index >= 15 is 0 Å². The van der Waals surface area contributed by atoms with E-state index in [1.54, 1.807) is 0 Å².